The van der Waals surface area contributed by atoms with Crippen LogP contribution < -0.4 is 10.2 Å². The second-order valence-corrected chi connectivity index (χ2v) is 14.9. The van der Waals surface area contributed by atoms with Crippen LogP contribution >= 0.6 is 23.1 Å². The monoisotopic (exact) mass is 640 g/mol. The molecule has 0 bridgehead atoms. The maximum Gasteiger partial charge on any atom is 0.420 e. The van der Waals surface area contributed by atoms with E-state index in [1.165, 1.54) is 36.8 Å². The number of piperazine rings is 1. The van der Waals surface area contributed by atoms with E-state index in [1.54, 1.807) is 6.07 Å². The first kappa shape index (κ1) is 28.6. The summed E-state index contributed by atoms with van der Waals surface area (Å²) in [6.07, 6.45) is 3.15. The van der Waals surface area contributed by atoms with Gasteiger partial charge in [0.1, 0.15) is 10.4 Å². The first-order valence-electron chi connectivity index (χ1n) is 15.7. The van der Waals surface area contributed by atoms with Crippen LogP contribution in [-0.4, -0.2) is 76.7 Å². The number of fused-ring (bicyclic) bond motifs is 1. The number of hydrogen-bond acceptors (Lipinski definition) is 8. The molecule has 232 valence electrons. The minimum Gasteiger partial charge on any atom is -0.369 e. The van der Waals surface area contributed by atoms with E-state index in [4.69, 9.17) is 0 Å². The van der Waals surface area contributed by atoms with Gasteiger partial charge in [-0.3, -0.25) is 9.69 Å². The van der Waals surface area contributed by atoms with Gasteiger partial charge in [-0.05, 0) is 80.2 Å². The number of amides is 1. The lowest BCUT2D eigenvalue weighted by Gasteiger charge is -2.36. The molecule has 1 amide bonds. The highest BCUT2D eigenvalue weighted by molar-refractivity contribution is 7.99. The van der Waals surface area contributed by atoms with Crippen LogP contribution in [0, 0.1) is 5.92 Å². The predicted molar refractivity (Wildman–Crippen MR) is 168 cm³/mol. The fraction of sp³-hybridized carbons (Fsp3) is 0.531. The zero-order valence-corrected chi connectivity index (χ0v) is 26.0. The summed E-state index contributed by atoms with van der Waals surface area (Å²) in [6, 6.07) is 8.32. The fourth-order valence-corrected chi connectivity index (χ4v) is 8.69. The van der Waals surface area contributed by atoms with Crippen molar-refractivity contribution in [1.82, 2.24) is 19.8 Å². The summed E-state index contributed by atoms with van der Waals surface area (Å²) in [7, 11) is 0. The van der Waals surface area contributed by atoms with Crippen molar-refractivity contribution in [2.75, 3.05) is 55.2 Å². The van der Waals surface area contributed by atoms with Gasteiger partial charge in [0.25, 0.3) is 5.91 Å². The molecule has 2 aliphatic heterocycles. The lowest BCUT2D eigenvalue weighted by Crippen LogP contribution is -2.47. The molecule has 2 aromatic heterocycles. The number of thioether (sulfide) groups is 1. The number of anilines is 3. The number of hydrogen-bond donors (Lipinski definition) is 1. The molecular weight excluding hydrogens is 606 g/mol. The highest BCUT2D eigenvalue weighted by atomic mass is 32.2. The highest BCUT2D eigenvalue weighted by Gasteiger charge is 2.39. The average Bonchev–Trinajstić information content (AvgIpc) is 3.86. The van der Waals surface area contributed by atoms with E-state index in [2.05, 4.69) is 37.2 Å². The van der Waals surface area contributed by atoms with Crippen LogP contribution in [0.1, 0.15) is 65.2 Å². The summed E-state index contributed by atoms with van der Waals surface area (Å²) < 4.78 is 42.6. The number of aromatic nitrogens is 2. The fourth-order valence-electron chi connectivity index (χ4n) is 6.37. The van der Waals surface area contributed by atoms with Crippen LogP contribution in [0.2, 0.25) is 0 Å². The number of benzene rings is 1. The number of nitrogens with one attached hydrogen (secondary N) is 1. The molecule has 44 heavy (non-hydrogen) atoms. The number of rotatable bonds is 8. The van der Waals surface area contributed by atoms with E-state index in [1.807, 2.05) is 11.0 Å². The van der Waals surface area contributed by atoms with Gasteiger partial charge in [0.15, 0.2) is 0 Å². The Morgan fingerprint density at radius 2 is 1.77 bits per heavy atom. The zero-order chi connectivity index (χ0) is 30.0. The van der Waals surface area contributed by atoms with E-state index in [9.17, 15) is 18.0 Å². The third-order valence-electron chi connectivity index (χ3n) is 9.31. The Balaban J connectivity index is 1.07. The maximum atomic E-state index is 14.2. The Hall–Kier alpha value is -2.83. The standard InChI is InChI=1S/C32H35F3N6OS2/c33-32(34,35)24-17-36-31(38-28(24)26-16-27-29(44-26)30(42)41(13-14-43-27)21-5-6-21)37-25-8-7-22(15-23(25)20-3-4-20)40-11-9-39(10-12-40)18-19-1-2-19/h7-8,15-17,19-21H,1-6,9-14,18H2,(H,36,37,38). The minimum atomic E-state index is -4.63. The van der Waals surface area contributed by atoms with E-state index in [0.29, 0.717) is 22.2 Å². The first-order chi connectivity index (χ1) is 21.3. The van der Waals surface area contributed by atoms with Crippen molar-refractivity contribution in [3.8, 4) is 10.6 Å². The average molecular weight is 641 g/mol. The van der Waals surface area contributed by atoms with Gasteiger partial charge in [0.2, 0.25) is 5.95 Å². The summed E-state index contributed by atoms with van der Waals surface area (Å²) in [5.74, 6) is 2.09. The number of nitrogens with zero attached hydrogens (tertiary/aromatic N) is 5. The Kier molecular flexibility index (Phi) is 7.29. The molecule has 4 fully saturated rings. The normalized spacial score (nSPS) is 21.4. The van der Waals surface area contributed by atoms with Crippen molar-refractivity contribution < 1.29 is 18.0 Å². The summed E-state index contributed by atoms with van der Waals surface area (Å²) >= 11 is 2.64. The van der Waals surface area contributed by atoms with Gasteiger partial charge < -0.3 is 15.1 Å². The van der Waals surface area contributed by atoms with Crippen molar-refractivity contribution in [1.29, 1.82) is 0 Å². The molecule has 1 aromatic carbocycles. The van der Waals surface area contributed by atoms with Crippen molar-refractivity contribution in [2.24, 2.45) is 5.92 Å². The number of carbonyl (C=O) groups is 1. The molecule has 3 saturated carbocycles. The molecule has 8 rings (SSSR count). The third-order valence-corrected chi connectivity index (χ3v) is 11.6. The quantitative estimate of drug-likeness (QED) is 0.282. The largest absolute Gasteiger partial charge is 0.420 e. The Morgan fingerprint density at radius 3 is 2.48 bits per heavy atom. The molecule has 3 aliphatic carbocycles. The van der Waals surface area contributed by atoms with Crippen LogP contribution in [0.3, 0.4) is 0 Å². The zero-order valence-electron chi connectivity index (χ0n) is 24.4. The van der Waals surface area contributed by atoms with Crippen LogP contribution in [0.25, 0.3) is 10.6 Å². The summed E-state index contributed by atoms with van der Waals surface area (Å²) in [5, 5.41) is 3.27. The van der Waals surface area contributed by atoms with Gasteiger partial charge in [-0.25, -0.2) is 9.97 Å². The number of halogens is 3. The molecule has 0 radical (unpaired) electrons. The molecule has 7 nitrogen and oxygen atoms in total. The molecule has 12 heteroatoms. The summed E-state index contributed by atoms with van der Waals surface area (Å²) in [5.41, 5.74) is 2.11. The van der Waals surface area contributed by atoms with Crippen LogP contribution in [0.15, 0.2) is 35.4 Å². The van der Waals surface area contributed by atoms with Gasteiger partial charge in [0, 0.05) is 73.5 Å². The summed E-state index contributed by atoms with van der Waals surface area (Å²) in [4.78, 5) is 30.4. The van der Waals surface area contributed by atoms with Gasteiger partial charge in [-0.1, -0.05) is 0 Å². The first-order valence-corrected chi connectivity index (χ1v) is 17.5. The molecule has 4 heterocycles. The maximum absolute atomic E-state index is 14.2. The van der Waals surface area contributed by atoms with Crippen molar-refractivity contribution in [3.63, 3.8) is 0 Å². The van der Waals surface area contributed by atoms with Crippen molar-refractivity contribution in [3.05, 3.63) is 46.5 Å². The summed E-state index contributed by atoms with van der Waals surface area (Å²) in [6.45, 7) is 6.04. The lowest BCUT2D eigenvalue weighted by molar-refractivity contribution is -0.137. The van der Waals surface area contributed by atoms with Gasteiger partial charge in [-0.15, -0.1) is 23.1 Å². The van der Waals surface area contributed by atoms with E-state index in [-0.39, 0.29) is 23.6 Å². The van der Waals surface area contributed by atoms with E-state index >= 15 is 0 Å². The van der Waals surface area contributed by atoms with Crippen molar-refractivity contribution >= 4 is 46.3 Å². The molecule has 1 saturated heterocycles. The highest BCUT2D eigenvalue weighted by Crippen LogP contribution is 2.47. The predicted octanol–water partition coefficient (Wildman–Crippen LogP) is 7.09. The molecule has 3 aromatic rings. The Morgan fingerprint density at radius 1 is 0.977 bits per heavy atom. The van der Waals surface area contributed by atoms with Gasteiger partial charge >= 0.3 is 6.18 Å². The van der Waals surface area contributed by atoms with Gasteiger partial charge in [0.05, 0.1) is 10.6 Å². The third kappa shape index (κ3) is 5.92. The topological polar surface area (TPSA) is 64.6 Å². The SMILES string of the molecule is O=C1c2sc(-c3nc(Nc4ccc(N5CCN(CC6CC6)CC5)cc4C4CC4)ncc3C(F)(F)F)cc2SCCN1C1CC1. The lowest BCUT2D eigenvalue weighted by atomic mass is 10.1. The smallest absolute Gasteiger partial charge is 0.369 e. The van der Waals surface area contributed by atoms with Crippen LogP contribution in [0.5, 0.6) is 0 Å². The number of alkyl halides is 3. The minimum absolute atomic E-state index is 0.0804. The van der Waals surface area contributed by atoms with Crippen molar-refractivity contribution in [2.45, 2.75) is 61.6 Å². The molecule has 0 atom stereocenters. The van der Waals surface area contributed by atoms with E-state index < -0.39 is 11.7 Å². The molecule has 0 spiro atoms. The Bertz CT molecular complexity index is 1570. The molecule has 1 N–H and O–H groups in total. The Labute approximate surface area is 263 Å². The van der Waals surface area contributed by atoms with Crippen LogP contribution in [0.4, 0.5) is 30.5 Å². The number of thiophene rings is 1. The van der Waals surface area contributed by atoms with Crippen LogP contribution in [-0.2, 0) is 6.18 Å². The second kappa shape index (κ2) is 11.2. The van der Waals surface area contributed by atoms with E-state index in [0.717, 1.165) is 97.2 Å². The van der Waals surface area contributed by atoms with Gasteiger partial charge in [-0.2, -0.15) is 13.2 Å². The second-order valence-electron chi connectivity index (χ2n) is 12.7. The molecule has 5 aliphatic rings. The number of carbonyl (C=O) groups excluding carboxylic acids is 1. The molecule has 0 unspecified atom stereocenters. The molecular formula is C32H35F3N6OS2.